The van der Waals surface area contributed by atoms with Crippen LogP contribution in [0, 0.1) is 0 Å². The van der Waals surface area contributed by atoms with Gasteiger partial charge in [0.05, 0.1) is 0 Å². The lowest BCUT2D eigenvalue weighted by atomic mass is 10.7. The average molecular weight is 316 g/mol. The molecule has 11 heteroatoms. The molecule has 0 unspecified atom stereocenters. The van der Waals surface area contributed by atoms with Crippen molar-refractivity contribution in [3.05, 3.63) is 0 Å². The van der Waals surface area contributed by atoms with Crippen molar-refractivity contribution in [3.63, 3.8) is 0 Å². The van der Waals surface area contributed by atoms with E-state index in [-0.39, 0.29) is 0 Å². The van der Waals surface area contributed by atoms with E-state index in [9.17, 15) is 0 Å². The SMILES string of the molecule is CC(=O)O.CC(=O)O.CC(=O)O.CC(=O)O.NCCNO. The maximum Gasteiger partial charge on any atom is 0.300 e. The highest BCUT2D eigenvalue weighted by Crippen LogP contribution is 1.43. The number of carboxylic acids is 4. The molecule has 0 aromatic rings. The molecule has 0 aliphatic heterocycles. The van der Waals surface area contributed by atoms with Gasteiger partial charge in [0.2, 0.25) is 0 Å². The summed E-state index contributed by atoms with van der Waals surface area (Å²) in [6, 6.07) is 0. The predicted octanol–water partition coefficient (Wildman–Crippen LogP) is -0.712. The van der Waals surface area contributed by atoms with Gasteiger partial charge in [0.15, 0.2) is 0 Å². The first-order chi connectivity index (χ1) is 9.34. The molecule has 0 amide bonds. The first kappa shape index (κ1) is 31.3. The van der Waals surface area contributed by atoms with Gasteiger partial charge in [-0.2, -0.15) is 0 Å². The number of nitrogens with one attached hydrogen (secondary N) is 1. The lowest BCUT2D eigenvalue weighted by Gasteiger charge is -1.84. The van der Waals surface area contributed by atoms with Gasteiger partial charge in [-0.15, -0.1) is 0 Å². The molecule has 0 aromatic heterocycles. The highest BCUT2D eigenvalue weighted by molar-refractivity contribution is 5.63. The van der Waals surface area contributed by atoms with Crippen molar-refractivity contribution < 1.29 is 44.8 Å². The molecule has 21 heavy (non-hydrogen) atoms. The minimum Gasteiger partial charge on any atom is -0.481 e. The van der Waals surface area contributed by atoms with Crippen molar-refractivity contribution >= 4 is 23.9 Å². The maximum absolute atomic E-state index is 9.00. The highest BCUT2D eigenvalue weighted by Gasteiger charge is 1.67. The summed E-state index contributed by atoms with van der Waals surface area (Å²) in [4.78, 5) is 36.0. The smallest absolute Gasteiger partial charge is 0.300 e. The van der Waals surface area contributed by atoms with Crippen LogP contribution in [0.15, 0.2) is 0 Å². The van der Waals surface area contributed by atoms with Crippen molar-refractivity contribution in [2.75, 3.05) is 13.1 Å². The summed E-state index contributed by atoms with van der Waals surface area (Å²) in [6.07, 6.45) is 0. The lowest BCUT2D eigenvalue weighted by Crippen LogP contribution is -2.17. The standard InChI is InChI=1S/C2H8N2O.4C2H4O2/c3-1-2-4-5;4*1-2(3)4/h4-5H,1-3H2;4*1H3,(H,3,4). The Morgan fingerprint density at radius 2 is 0.905 bits per heavy atom. The molecule has 128 valence electrons. The van der Waals surface area contributed by atoms with Gasteiger partial charge in [0, 0.05) is 40.8 Å². The van der Waals surface area contributed by atoms with Crippen LogP contribution < -0.4 is 11.2 Å². The fourth-order valence-corrected chi connectivity index (χ4v) is 0.0645. The van der Waals surface area contributed by atoms with Crippen LogP contribution in [-0.4, -0.2) is 62.6 Å². The molecule has 0 rings (SSSR count). The van der Waals surface area contributed by atoms with Gasteiger partial charge >= 0.3 is 0 Å². The zero-order chi connectivity index (χ0) is 18.4. The van der Waals surface area contributed by atoms with Crippen LogP contribution >= 0.6 is 0 Å². The van der Waals surface area contributed by atoms with Crippen LogP contribution in [0.2, 0.25) is 0 Å². The summed E-state index contributed by atoms with van der Waals surface area (Å²) in [5.41, 5.74) is 6.81. The average Bonchev–Trinajstić information content (AvgIpc) is 2.14. The minimum absolute atomic E-state index is 0.472. The van der Waals surface area contributed by atoms with Crippen LogP contribution in [0.25, 0.3) is 0 Å². The van der Waals surface area contributed by atoms with E-state index in [0.717, 1.165) is 27.7 Å². The van der Waals surface area contributed by atoms with Crippen LogP contribution in [0.3, 0.4) is 0 Å². The summed E-state index contributed by atoms with van der Waals surface area (Å²) in [6.45, 7) is 5.29. The Labute approximate surface area is 122 Å². The number of nitrogens with two attached hydrogens (primary N) is 1. The molecule has 0 aromatic carbocycles. The van der Waals surface area contributed by atoms with Gasteiger partial charge in [0.1, 0.15) is 0 Å². The summed E-state index contributed by atoms with van der Waals surface area (Å²) < 4.78 is 0. The van der Waals surface area contributed by atoms with Crippen molar-refractivity contribution in [1.82, 2.24) is 5.48 Å². The van der Waals surface area contributed by atoms with E-state index < -0.39 is 23.9 Å². The zero-order valence-electron chi connectivity index (χ0n) is 12.4. The van der Waals surface area contributed by atoms with Crippen LogP contribution in [0.1, 0.15) is 27.7 Å². The predicted molar refractivity (Wildman–Crippen MR) is 72.1 cm³/mol. The van der Waals surface area contributed by atoms with E-state index in [1.807, 2.05) is 5.48 Å². The number of rotatable bonds is 2. The molecule has 0 saturated carbocycles. The van der Waals surface area contributed by atoms with Gasteiger partial charge in [0.25, 0.3) is 23.9 Å². The Kier molecular flexibility index (Phi) is 45.6. The van der Waals surface area contributed by atoms with Gasteiger partial charge < -0.3 is 31.4 Å². The van der Waals surface area contributed by atoms with E-state index in [1.54, 1.807) is 0 Å². The fourth-order valence-electron chi connectivity index (χ4n) is 0.0645. The van der Waals surface area contributed by atoms with Crippen molar-refractivity contribution in [3.8, 4) is 0 Å². The Bertz CT molecular complexity index is 203. The third-order valence-corrected chi connectivity index (χ3v) is 0.256. The van der Waals surface area contributed by atoms with E-state index >= 15 is 0 Å². The number of aliphatic carboxylic acids is 4. The first-order valence-electron chi connectivity index (χ1n) is 5.20. The Morgan fingerprint density at radius 3 is 0.905 bits per heavy atom. The summed E-state index contributed by atoms with van der Waals surface area (Å²) in [5.74, 6) is -3.33. The molecule has 8 N–H and O–H groups in total. The molecule has 0 bridgehead atoms. The molecule has 0 fully saturated rings. The lowest BCUT2D eigenvalue weighted by molar-refractivity contribution is -0.135. The second-order valence-electron chi connectivity index (χ2n) is 2.77. The number of hydroxylamine groups is 1. The van der Waals surface area contributed by atoms with Gasteiger partial charge in [-0.05, 0) is 0 Å². The zero-order valence-corrected chi connectivity index (χ0v) is 12.4. The van der Waals surface area contributed by atoms with Gasteiger partial charge in [-0.3, -0.25) is 19.2 Å². The molecule has 0 atom stereocenters. The Hall–Kier alpha value is -2.24. The van der Waals surface area contributed by atoms with Gasteiger partial charge in [-0.25, -0.2) is 5.48 Å². The molecule has 11 nitrogen and oxygen atoms in total. The van der Waals surface area contributed by atoms with Crippen molar-refractivity contribution in [1.29, 1.82) is 0 Å². The highest BCUT2D eigenvalue weighted by atomic mass is 16.5. The van der Waals surface area contributed by atoms with Gasteiger partial charge in [-0.1, -0.05) is 0 Å². The summed E-state index contributed by atoms with van der Waals surface area (Å²) in [7, 11) is 0. The Morgan fingerprint density at radius 1 is 0.762 bits per heavy atom. The largest absolute Gasteiger partial charge is 0.481 e. The third-order valence-electron chi connectivity index (χ3n) is 0.256. The van der Waals surface area contributed by atoms with Crippen LogP contribution in [-0.2, 0) is 19.2 Å². The number of carboxylic acid groups (broad SMARTS) is 4. The minimum atomic E-state index is -0.833. The van der Waals surface area contributed by atoms with E-state index in [1.165, 1.54) is 0 Å². The topological polar surface area (TPSA) is 207 Å². The van der Waals surface area contributed by atoms with Crippen molar-refractivity contribution in [2.45, 2.75) is 27.7 Å². The first-order valence-corrected chi connectivity index (χ1v) is 5.20. The Balaban J connectivity index is -0.0000000510. The molecule has 0 saturated heterocycles. The van der Waals surface area contributed by atoms with Crippen LogP contribution in [0.4, 0.5) is 0 Å². The molecule has 0 aliphatic rings. The monoisotopic (exact) mass is 316 g/mol. The quantitative estimate of drug-likeness (QED) is 0.316. The normalized spacial score (nSPS) is 6.76. The van der Waals surface area contributed by atoms with Crippen LogP contribution in [0.5, 0.6) is 0 Å². The van der Waals surface area contributed by atoms with E-state index in [2.05, 4.69) is 0 Å². The van der Waals surface area contributed by atoms with E-state index in [4.69, 9.17) is 50.5 Å². The molecule has 0 heterocycles. The molecule has 0 spiro atoms. The number of hydrogen-bond acceptors (Lipinski definition) is 7. The molecule has 0 aliphatic carbocycles. The molecular weight excluding hydrogens is 292 g/mol. The fraction of sp³-hybridized carbons (Fsp3) is 0.600. The van der Waals surface area contributed by atoms with E-state index in [0.29, 0.717) is 13.1 Å². The molecular formula is C10H24N2O9. The number of hydrogen-bond donors (Lipinski definition) is 7. The van der Waals surface area contributed by atoms with Crippen molar-refractivity contribution in [2.24, 2.45) is 5.73 Å². The molecule has 0 radical (unpaired) electrons. The second kappa shape index (κ2) is 30.6. The third kappa shape index (κ3) is 76600. The second-order valence-corrected chi connectivity index (χ2v) is 2.77. The maximum atomic E-state index is 9.00. The summed E-state index contributed by atoms with van der Waals surface area (Å²) in [5, 5.41) is 37.4. The number of carbonyl (C=O) groups is 4. The summed E-state index contributed by atoms with van der Waals surface area (Å²) >= 11 is 0.